The predicted octanol–water partition coefficient (Wildman–Crippen LogP) is 0.441. The molecule has 0 radical (unpaired) electrons. The van der Waals surface area contributed by atoms with E-state index < -0.39 is 14.9 Å². The van der Waals surface area contributed by atoms with Crippen LogP contribution in [-0.4, -0.2) is 69.4 Å². The van der Waals surface area contributed by atoms with Crippen LogP contribution in [0, 0.1) is 10.1 Å². The Morgan fingerprint density at radius 2 is 2.10 bits per heavy atom. The van der Waals surface area contributed by atoms with Crippen LogP contribution in [0.5, 0.6) is 0 Å². The number of benzene rings is 1. The van der Waals surface area contributed by atoms with E-state index in [2.05, 4.69) is 20.3 Å². The number of nitro benzene ring substituents is 1. The molecule has 0 saturated carbocycles. The molecule has 166 valence electrons. The Bertz CT molecular complexity index is 874. The molecular weight excluding hydrogens is 412 g/mol. The number of hydrogen-bond donors (Lipinski definition) is 3. The number of carbonyl (C=O) groups is 1. The highest BCUT2D eigenvalue weighted by molar-refractivity contribution is 7.89. The number of sulfonamides is 1. The van der Waals surface area contributed by atoms with E-state index in [-0.39, 0.29) is 29.6 Å². The van der Waals surface area contributed by atoms with Gasteiger partial charge in [-0.3, -0.25) is 19.9 Å². The number of rotatable bonds is 11. The Morgan fingerprint density at radius 3 is 2.77 bits per heavy atom. The summed E-state index contributed by atoms with van der Waals surface area (Å²) in [6.07, 6.45) is 2.29. The number of hydrogen-bond acceptors (Lipinski definition) is 6. The van der Waals surface area contributed by atoms with Gasteiger partial charge in [0.05, 0.1) is 9.82 Å². The number of carbonyl (C=O) groups excluding carboxylic acids is 1. The first-order valence-corrected chi connectivity index (χ1v) is 11.4. The van der Waals surface area contributed by atoms with E-state index in [1.165, 1.54) is 18.2 Å². The molecule has 1 aliphatic rings. The summed E-state index contributed by atoms with van der Waals surface area (Å²) in [7, 11) is -3.85. The van der Waals surface area contributed by atoms with Crippen molar-refractivity contribution in [2.24, 2.45) is 4.99 Å². The Kier molecular flexibility index (Phi) is 8.99. The third-order valence-corrected chi connectivity index (χ3v) is 5.88. The maximum Gasteiger partial charge on any atom is 0.270 e. The largest absolute Gasteiger partial charge is 0.357 e. The lowest BCUT2D eigenvalue weighted by Crippen LogP contribution is -2.41. The Balaban J connectivity index is 1.78. The normalized spacial score (nSPS) is 14.8. The number of aliphatic imine (C=N–C) groups is 1. The number of non-ortho nitro benzene ring substituents is 1. The van der Waals surface area contributed by atoms with E-state index in [9.17, 15) is 23.3 Å². The first kappa shape index (κ1) is 23.5. The van der Waals surface area contributed by atoms with Gasteiger partial charge in [-0.05, 0) is 25.8 Å². The summed E-state index contributed by atoms with van der Waals surface area (Å²) >= 11 is 0. The van der Waals surface area contributed by atoms with Gasteiger partial charge in [0.25, 0.3) is 5.69 Å². The fourth-order valence-electron chi connectivity index (χ4n) is 2.95. The Labute approximate surface area is 176 Å². The summed E-state index contributed by atoms with van der Waals surface area (Å²) in [5.41, 5.74) is -0.284. The van der Waals surface area contributed by atoms with E-state index in [4.69, 9.17) is 0 Å². The van der Waals surface area contributed by atoms with Gasteiger partial charge in [0.15, 0.2) is 5.96 Å². The summed E-state index contributed by atoms with van der Waals surface area (Å²) in [4.78, 5) is 27.9. The molecule has 30 heavy (non-hydrogen) atoms. The topological polar surface area (TPSA) is 146 Å². The van der Waals surface area contributed by atoms with Crippen molar-refractivity contribution in [2.45, 2.75) is 31.1 Å². The molecule has 0 atom stereocenters. The minimum Gasteiger partial charge on any atom is -0.357 e. The summed E-state index contributed by atoms with van der Waals surface area (Å²) in [6, 6.07) is 4.89. The highest BCUT2D eigenvalue weighted by atomic mass is 32.2. The number of guanidine groups is 1. The van der Waals surface area contributed by atoms with Crippen LogP contribution in [-0.2, 0) is 14.8 Å². The molecule has 11 nitrogen and oxygen atoms in total. The first-order chi connectivity index (χ1) is 14.3. The third-order valence-electron chi connectivity index (χ3n) is 4.42. The zero-order valence-electron chi connectivity index (χ0n) is 17.0. The fourth-order valence-corrected chi connectivity index (χ4v) is 4.02. The van der Waals surface area contributed by atoms with Gasteiger partial charge in [-0.25, -0.2) is 13.1 Å². The van der Waals surface area contributed by atoms with Crippen LogP contribution in [0.4, 0.5) is 5.69 Å². The zero-order chi connectivity index (χ0) is 22.0. The first-order valence-electron chi connectivity index (χ1n) is 9.87. The molecule has 0 spiro atoms. The highest BCUT2D eigenvalue weighted by Gasteiger charge is 2.19. The molecule has 0 unspecified atom stereocenters. The van der Waals surface area contributed by atoms with Gasteiger partial charge in [0, 0.05) is 57.8 Å². The van der Waals surface area contributed by atoms with Crippen LogP contribution in [0.3, 0.4) is 0 Å². The van der Waals surface area contributed by atoms with Crippen LogP contribution >= 0.6 is 0 Å². The monoisotopic (exact) mass is 440 g/mol. The predicted molar refractivity (Wildman–Crippen MR) is 113 cm³/mol. The maximum absolute atomic E-state index is 12.3. The quantitative estimate of drug-likeness (QED) is 0.149. The van der Waals surface area contributed by atoms with E-state index in [1.54, 1.807) is 0 Å². The molecule has 2 rings (SSSR count). The van der Waals surface area contributed by atoms with Crippen LogP contribution in [0.25, 0.3) is 0 Å². The number of nitro groups is 1. The average molecular weight is 441 g/mol. The zero-order valence-corrected chi connectivity index (χ0v) is 17.8. The standard InChI is InChI=1S/C18H28N6O5S/c1-2-19-18(20-9-5-13-23-12-4-8-17(23)25)21-10-11-22-30(28,29)16-7-3-6-15(14-16)24(26)27/h3,6-7,14,22H,2,4-5,8-13H2,1H3,(H2,19,20,21). The molecule has 1 saturated heterocycles. The summed E-state index contributed by atoms with van der Waals surface area (Å²) in [6.45, 7) is 4.97. The van der Waals surface area contributed by atoms with Crippen molar-refractivity contribution in [1.29, 1.82) is 0 Å². The van der Waals surface area contributed by atoms with Gasteiger partial charge < -0.3 is 15.5 Å². The molecule has 1 fully saturated rings. The van der Waals surface area contributed by atoms with Gasteiger partial charge in [-0.1, -0.05) is 6.07 Å². The van der Waals surface area contributed by atoms with Crippen molar-refractivity contribution in [3.63, 3.8) is 0 Å². The minimum absolute atomic E-state index is 0.0811. The molecule has 0 aromatic heterocycles. The minimum atomic E-state index is -3.85. The van der Waals surface area contributed by atoms with Crippen LogP contribution in [0.1, 0.15) is 26.2 Å². The summed E-state index contributed by atoms with van der Waals surface area (Å²) in [5.74, 6) is 0.750. The summed E-state index contributed by atoms with van der Waals surface area (Å²) in [5, 5.41) is 16.9. The van der Waals surface area contributed by atoms with Gasteiger partial charge in [-0.15, -0.1) is 0 Å². The maximum atomic E-state index is 12.3. The lowest BCUT2D eigenvalue weighted by atomic mass is 10.3. The second-order valence-corrected chi connectivity index (χ2v) is 8.44. The second-order valence-electron chi connectivity index (χ2n) is 6.68. The SMILES string of the molecule is CCNC(=NCCCN1CCCC1=O)NCCNS(=O)(=O)c1cccc([N+](=O)[O-])c1. The van der Waals surface area contributed by atoms with Gasteiger partial charge in [0.1, 0.15) is 0 Å². The molecule has 1 heterocycles. The lowest BCUT2D eigenvalue weighted by Gasteiger charge is -2.15. The van der Waals surface area contributed by atoms with E-state index >= 15 is 0 Å². The van der Waals surface area contributed by atoms with Gasteiger partial charge in [-0.2, -0.15) is 0 Å². The van der Waals surface area contributed by atoms with Crippen molar-refractivity contribution in [3.8, 4) is 0 Å². The second kappa shape index (κ2) is 11.5. The molecule has 0 bridgehead atoms. The number of amides is 1. The summed E-state index contributed by atoms with van der Waals surface area (Å²) < 4.78 is 27.0. The Morgan fingerprint density at radius 1 is 1.30 bits per heavy atom. The molecule has 3 N–H and O–H groups in total. The van der Waals surface area contributed by atoms with Gasteiger partial charge >= 0.3 is 0 Å². The number of nitrogens with zero attached hydrogens (tertiary/aromatic N) is 3. The number of nitrogens with one attached hydrogen (secondary N) is 3. The molecule has 1 amide bonds. The molecular formula is C18H28N6O5S. The number of likely N-dealkylation sites (tertiary alicyclic amines) is 1. The average Bonchev–Trinajstić information content (AvgIpc) is 3.13. The fraction of sp³-hybridized carbons (Fsp3) is 0.556. The molecule has 0 aliphatic carbocycles. The van der Waals surface area contributed by atoms with Crippen LogP contribution in [0.15, 0.2) is 34.2 Å². The van der Waals surface area contributed by atoms with Crippen molar-refractivity contribution in [3.05, 3.63) is 34.4 Å². The van der Waals surface area contributed by atoms with Crippen LogP contribution < -0.4 is 15.4 Å². The Hall–Kier alpha value is -2.73. The third kappa shape index (κ3) is 7.26. The van der Waals surface area contributed by atoms with Crippen molar-refractivity contribution in [2.75, 3.05) is 39.3 Å². The van der Waals surface area contributed by atoms with E-state index in [0.717, 1.165) is 25.5 Å². The van der Waals surface area contributed by atoms with E-state index in [0.29, 0.717) is 32.0 Å². The smallest absolute Gasteiger partial charge is 0.270 e. The van der Waals surface area contributed by atoms with Crippen LogP contribution in [0.2, 0.25) is 0 Å². The van der Waals surface area contributed by atoms with Gasteiger partial charge in [0.2, 0.25) is 15.9 Å². The van der Waals surface area contributed by atoms with Crippen molar-refractivity contribution in [1.82, 2.24) is 20.3 Å². The molecule has 1 aromatic rings. The van der Waals surface area contributed by atoms with Crippen molar-refractivity contribution < 1.29 is 18.1 Å². The molecule has 12 heteroatoms. The molecule has 1 aromatic carbocycles. The van der Waals surface area contributed by atoms with E-state index in [1.807, 2.05) is 11.8 Å². The highest BCUT2D eigenvalue weighted by Crippen LogP contribution is 2.16. The lowest BCUT2D eigenvalue weighted by molar-refractivity contribution is -0.385. The molecule has 1 aliphatic heterocycles. The van der Waals surface area contributed by atoms with Crippen molar-refractivity contribution >= 4 is 27.6 Å².